The highest BCUT2D eigenvalue weighted by atomic mass is 19.3. The van der Waals surface area contributed by atoms with Crippen molar-refractivity contribution in [2.24, 2.45) is 0 Å². The molecule has 0 aliphatic heterocycles. The zero-order valence-corrected chi connectivity index (χ0v) is 17.8. The lowest BCUT2D eigenvalue weighted by Crippen LogP contribution is -2.29. The molecule has 1 aromatic carbocycles. The molecule has 1 saturated carbocycles. The van der Waals surface area contributed by atoms with Crippen LogP contribution >= 0.6 is 0 Å². The van der Waals surface area contributed by atoms with Crippen molar-refractivity contribution in [3.8, 4) is 6.07 Å². The Balaban J connectivity index is 1.73. The third-order valence-electron chi connectivity index (χ3n) is 6.03. The van der Waals surface area contributed by atoms with Gasteiger partial charge >= 0.3 is 5.92 Å². The molecule has 0 radical (unpaired) electrons. The van der Waals surface area contributed by atoms with Crippen LogP contribution < -0.4 is 5.32 Å². The first-order valence-electron chi connectivity index (χ1n) is 10.3. The van der Waals surface area contributed by atoms with E-state index in [4.69, 9.17) is 0 Å². The van der Waals surface area contributed by atoms with Crippen LogP contribution in [0.3, 0.4) is 0 Å². The summed E-state index contributed by atoms with van der Waals surface area (Å²) in [6.45, 7) is 4.37. The van der Waals surface area contributed by atoms with Gasteiger partial charge in [0.2, 0.25) is 0 Å². The van der Waals surface area contributed by atoms with Crippen LogP contribution in [0.2, 0.25) is 0 Å². The molecule has 3 aromatic rings. The van der Waals surface area contributed by atoms with Crippen LogP contribution in [-0.4, -0.2) is 26.2 Å². The quantitative estimate of drug-likeness (QED) is 0.577. The van der Waals surface area contributed by atoms with Crippen LogP contribution in [0.1, 0.15) is 55.1 Å². The predicted octanol–water partition coefficient (Wildman–Crippen LogP) is 4.67. The number of pyridine rings is 1. The lowest BCUT2D eigenvalue weighted by atomic mass is 9.95. The number of fused-ring (bicyclic) bond motifs is 1. The summed E-state index contributed by atoms with van der Waals surface area (Å²) in [5.74, 6) is -4.46. The number of anilines is 1. The van der Waals surface area contributed by atoms with Gasteiger partial charge in [-0.25, -0.2) is 19.3 Å². The minimum atomic E-state index is -3.73. The summed E-state index contributed by atoms with van der Waals surface area (Å²) in [4.78, 5) is 12.9. The van der Waals surface area contributed by atoms with Gasteiger partial charge in [-0.2, -0.15) is 14.0 Å². The average molecular weight is 441 g/mol. The molecule has 2 aromatic heterocycles. The van der Waals surface area contributed by atoms with Crippen molar-refractivity contribution in [1.82, 2.24) is 15.0 Å². The number of nitriles is 1. The number of alkyl halides is 2. The first kappa shape index (κ1) is 22.0. The zero-order chi connectivity index (χ0) is 23.3. The number of aromatic nitrogens is 3. The van der Waals surface area contributed by atoms with Crippen molar-refractivity contribution < 1.29 is 18.3 Å². The van der Waals surface area contributed by atoms with Crippen molar-refractivity contribution in [1.29, 1.82) is 5.26 Å². The van der Waals surface area contributed by atoms with Crippen molar-refractivity contribution >= 4 is 16.9 Å². The van der Waals surface area contributed by atoms with Gasteiger partial charge in [0, 0.05) is 11.3 Å². The van der Waals surface area contributed by atoms with Crippen molar-refractivity contribution in [2.75, 3.05) is 5.32 Å². The fourth-order valence-corrected chi connectivity index (χ4v) is 3.89. The Labute approximate surface area is 183 Å². The zero-order valence-electron chi connectivity index (χ0n) is 17.8. The van der Waals surface area contributed by atoms with E-state index in [9.17, 15) is 19.1 Å². The van der Waals surface area contributed by atoms with E-state index in [0.29, 0.717) is 22.5 Å². The van der Waals surface area contributed by atoms with Gasteiger partial charge in [0.05, 0.1) is 28.5 Å². The van der Waals surface area contributed by atoms with E-state index in [1.165, 1.54) is 18.5 Å². The number of rotatable bonds is 6. The van der Waals surface area contributed by atoms with Gasteiger partial charge in [-0.15, -0.1) is 0 Å². The first-order valence-corrected chi connectivity index (χ1v) is 10.3. The third-order valence-corrected chi connectivity index (χ3v) is 6.03. The molecule has 2 N–H and O–H groups in total. The molecule has 0 amide bonds. The number of aliphatic hydroxyl groups is 1. The second kappa shape index (κ2) is 7.71. The summed E-state index contributed by atoms with van der Waals surface area (Å²) in [6, 6.07) is 7.15. The summed E-state index contributed by atoms with van der Waals surface area (Å²) in [5, 5.41) is 22.6. The minimum absolute atomic E-state index is 0.00516. The molecule has 2 atom stereocenters. The number of aryl methyl sites for hydroxylation is 1. The van der Waals surface area contributed by atoms with Gasteiger partial charge in [0.1, 0.15) is 24.1 Å². The molecular formula is C23H22F3N5O. The van der Waals surface area contributed by atoms with Crippen LogP contribution in [-0.2, 0) is 11.3 Å². The van der Waals surface area contributed by atoms with E-state index in [1.807, 2.05) is 13.0 Å². The second-order valence-corrected chi connectivity index (χ2v) is 8.28. The molecule has 0 spiro atoms. The van der Waals surface area contributed by atoms with E-state index in [1.54, 1.807) is 6.92 Å². The Hall–Kier alpha value is -3.25. The van der Waals surface area contributed by atoms with Crippen LogP contribution in [0.25, 0.3) is 11.0 Å². The van der Waals surface area contributed by atoms with Crippen molar-refractivity contribution in [3.63, 3.8) is 0 Å². The van der Waals surface area contributed by atoms with Gasteiger partial charge < -0.3 is 10.4 Å². The van der Waals surface area contributed by atoms with Crippen molar-refractivity contribution in [2.45, 2.75) is 57.1 Å². The van der Waals surface area contributed by atoms with Crippen LogP contribution in [0.4, 0.5) is 19.0 Å². The molecule has 0 bridgehead atoms. The van der Waals surface area contributed by atoms with E-state index in [-0.39, 0.29) is 5.56 Å². The maximum Gasteiger partial charge on any atom is 0.301 e. The Morgan fingerprint density at radius 1 is 1.25 bits per heavy atom. The fourth-order valence-electron chi connectivity index (χ4n) is 3.89. The number of hydrogen-bond donors (Lipinski definition) is 2. The molecule has 1 fully saturated rings. The Bertz CT molecular complexity index is 1230. The molecule has 6 nitrogen and oxygen atoms in total. The number of nitrogens with one attached hydrogen (secondary N) is 1. The molecule has 1 aliphatic carbocycles. The predicted molar refractivity (Wildman–Crippen MR) is 113 cm³/mol. The number of nitrogens with zero attached hydrogens (tertiary/aromatic N) is 4. The summed E-state index contributed by atoms with van der Waals surface area (Å²) in [6.07, 6.45) is 0.776. The highest BCUT2D eigenvalue weighted by Crippen LogP contribution is 2.49. The normalized spacial score (nSPS) is 16.9. The second-order valence-electron chi connectivity index (χ2n) is 8.28. The van der Waals surface area contributed by atoms with Crippen LogP contribution in [0.15, 0.2) is 30.6 Å². The molecule has 0 unspecified atom stereocenters. The summed E-state index contributed by atoms with van der Waals surface area (Å²) in [7, 11) is 0. The van der Waals surface area contributed by atoms with Gasteiger partial charge in [0.15, 0.2) is 5.65 Å². The third kappa shape index (κ3) is 3.54. The first-order chi connectivity index (χ1) is 15.1. The standard InChI is InChI=1S/C23H22F3N5O/c1-12(15-5-4-6-17(19(15)24)23(25,26)14(3)32)30-20-16-9-18(22(10-27)7-8-22)13(2)31-21(16)29-11-28-20/h4-6,9,11-12,14,32H,7-8H2,1-3H3,(H,28,29,30,31)/t12-,14-/m1/s1. The Kier molecular flexibility index (Phi) is 5.29. The highest BCUT2D eigenvalue weighted by molar-refractivity contribution is 5.87. The van der Waals surface area contributed by atoms with Crippen molar-refractivity contribution in [3.05, 3.63) is 58.8 Å². The summed E-state index contributed by atoms with van der Waals surface area (Å²) >= 11 is 0. The molecule has 4 rings (SSSR count). The topological polar surface area (TPSA) is 94.7 Å². The molecule has 32 heavy (non-hydrogen) atoms. The molecule has 1 aliphatic rings. The fraction of sp³-hybridized carbons (Fsp3) is 0.391. The largest absolute Gasteiger partial charge is 0.387 e. The highest BCUT2D eigenvalue weighted by Gasteiger charge is 2.46. The lowest BCUT2D eigenvalue weighted by molar-refractivity contribution is -0.108. The Morgan fingerprint density at radius 3 is 2.59 bits per heavy atom. The average Bonchev–Trinajstić information content (AvgIpc) is 3.54. The van der Waals surface area contributed by atoms with E-state index in [2.05, 4.69) is 26.3 Å². The maximum atomic E-state index is 15.0. The van der Waals surface area contributed by atoms with Gasteiger partial charge in [0.25, 0.3) is 0 Å². The van der Waals surface area contributed by atoms with E-state index in [0.717, 1.165) is 31.4 Å². The molecule has 9 heteroatoms. The van der Waals surface area contributed by atoms with Crippen LogP contribution in [0, 0.1) is 24.1 Å². The molecule has 2 heterocycles. The van der Waals surface area contributed by atoms with Gasteiger partial charge in [-0.1, -0.05) is 12.1 Å². The van der Waals surface area contributed by atoms with E-state index >= 15 is 4.39 Å². The van der Waals surface area contributed by atoms with Gasteiger partial charge in [-0.05, 0) is 51.3 Å². The molecular weight excluding hydrogens is 419 g/mol. The van der Waals surface area contributed by atoms with Gasteiger partial charge in [-0.3, -0.25) is 0 Å². The molecule has 166 valence electrons. The number of halogens is 3. The summed E-state index contributed by atoms with van der Waals surface area (Å²) < 4.78 is 43.6. The maximum absolute atomic E-state index is 15.0. The Morgan fingerprint density at radius 2 is 1.97 bits per heavy atom. The molecule has 0 saturated heterocycles. The summed E-state index contributed by atoms with van der Waals surface area (Å²) in [5.41, 5.74) is 0.522. The minimum Gasteiger partial charge on any atom is -0.387 e. The number of aliphatic hydroxyl groups excluding tert-OH is 1. The van der Waals surface area contributed by atoms with Crippen LogP contribution in [0.5, 0.6) is 0 Å². The SMILES string of the molecule is Cc1nc2ncnc(N[C@H](C)c3cccc(C(F)(F)[C@@H](C)O)c3F)c2cc1C1(C#N)CC1. The monoisotopic (exact) mass is 441 g/mol. The smallest absolute Gasteiger partial charge is 0.301 e. The van der Waals surface area contributed by atoms with E-state index < -0.39 is 34.9 Å². The number of hydrogen-bond acceptors (Lipinski definition) is 6. The number of benzene rings is 1. The lowest BCUT2D eigenvalue weighted by Gasteiger charge is -2.23.